The summed E-state index contributed by atoms with van der Waals surface area (Å²) >= 11 is 8.16. The molecule has 0 bridgehead atoms. The van der Waals surface area contributed by atoms with Crippen molar-refractivity contribution in [1.29, 1.82) is 0 Å². The minimum Gasteiger partial charge on any atom is -0.465 e. The summed E-state index contributed by atoms with van der Waals surface area (Å²) in [5.41, 5.74) is 2.16. The second-order valence-corrected chi connectivity index (χ2v) is 7.75. The van der Waals surface area contributed by atoms with Crippen LogP contribution in [0.1, 0.15) is 38.0 Å². The van der Waals surface area contributed by atoms with Crippen LogP contribution in [0, 0.1) is 0 Å². The number of esters is 1. The lowest BCUT2D eigenvalue weighted by atomic mass is 10.1. The summed E-state index contributed by atoms with van der Waals surface area (Å²) in [6, 6.07) is 14.5. The van der Waals surface area contributed by atoms with Crippen molar-refractivity contribution in [1.82, 2.24) is 4.90 Å². The zero-order valence-electron chi connectivity index (χ0n) is 14.5. The van der Waals surface area contributed by atoms with E-state index in [1.807, 2.05) is 34.9 Å². The molecular formula is C20H20ClNO3S. The van der Waals surface area contributed by atoms with Gasteiger partial charge in [-0.05, 0) is 42.3 Å². The Morgan fingerprint density at radius 1 is 1.08 bits per heavy atom. The molecule has 0 N–H and O–H groups in total. The quantitative estimate of drug-likeness (QED) is 0.728. The van der Waals surface area contributed by atoms with Gasteiger partial charge in [-0.25, -0.2) is 4.79 Å². The van der Waals surface area contributed by atoms with Gasteiger partial charge in [-0.1, -0.05) is 29.8 Å². The molecule has 0 saturated carbocycles. The third-order valence-corrected chi connectivity index (χ3v) is 6.09. The molecule has 2 aromatic carbocycles. The van der Waals surface area contributed by atoms with Crippen molar-refractivity contribution in [3.63, 3.8) is 0 Å². The van der Waals surface area contributed by atoms with Crippen molar-refractivity contribution in [3.05, 3.63) is 70.2 Å². The minimum absolute atomic E-state index is 0.0122. The Balaban J connectivity index is 1.68. The lowest BCUT2D eigenvalue weighted by molar-refractivity contribution is 0.0599. The maximum atomic E-state index is 12.8. The summed E-state index contributed by atoms with van der Waals surface area (Å²) in [7, 11) is 1.34. The molecule has 1 unspecified atom stereocenters. The molecule has 1 amide bonds. The lowest BCUT2D eigenvalue weighted by Crippen LogP contribution is -2.33. The Bertz CT molecular complexity index is 794. The summed E-state index contributed by atoms with van der Waals surface area (Å²) < 4.78 is 4.69. The third-order valence-electron chi connectivity index (χ3n) is 4.43. The lowest BCUT2D eigenvalue weighted by Gasteiger charge is -2.20. The van der Waals surface area contributed by atoms with Gasteiger partial charge in [0.2, 0.25) is 0 Å². The largest absolute Gasteiger partial charge is 0.465 e. The van der Waals surface area contributed by atoms with Crippen LogP contribution in [0.15, 0.2) is 48.5 Å². The summed E-state index contributed by atoms with van der Waals surface area (Å²) in [5.74, 6) is 0.446. The van der Waals surface area contributed by atoms with Gasteiger partial charge in [0.1, 0.15) is 0 Å². The summed E-state index contributed by atoms with van der Waals surface area (Å²) in [6.07, 6.45) is 0.861. The molecular weight excluding hydrogens is 370 g/mol. The van der Waals surface area contributed by atoms with E-state index in [2.05, 4.69) is 10.8 Å². The van der Waals surface area contributed by atoms with E-state index in [1.54, 1.807) is 24.3 Å². The molecule has 0 aliphatic carbocycles. The number of carbonyl (C=O) groups excluding carboxylic acids is 2. The van der Waals surface area contributed by atoms with E-state index in [9.17, 15) is 9.59 Å². The zero-order chi connectivity index (χ0) is 18.5. The van der Waals surface area contributed by atoms with Gasteiger partial charge in [0.05, 0.1) is 12.7 Å². The molecule has 1 aliphatic rings. The standard InChI is InChI=1S/C20H20ClNO3S/c1-25-20(24)15-8-6-14(7-9-15)19(23)22-11-10-18(26-13-12-22)16-4-2-3-5-17(16)21/h2-9,18H,10-13H2,1H3. The maximum absolute atomic E-state index is 12.8. The average molecular weight is 390 g/mol. The molecule has 1 aliphatic heterocycles. The number of hydrogen-bond acceptors (Lipinski definition) is 4. The maximum Gasteiger partial charge on any atom is 0.337 e. The van der Waals surface area contributed by atoms with E-state index in [4.69, 9.17) is 11.6 Å². The monoisotopic (exact) mass is 389 g/mol. The van der Waals surface area contributed by atoms with Gasteiger partial charge in [0, 0.05) is 34.7 Å². The van der Waals surface area contributed by atoms with E-state index in [-0.39, 0.29) is 5.91 Å². The smallest absolute Gasteiger partial charge is 0.337 e. The Morgan fingerprint density at radius 2 is 1.77 bits per heavy atom. The number of amides is 1. The van der Waals surface area contributed by atoms with Crippen LogP contribution in [0.3, 0.4) is 0 Å². The first-order valence-corrected chi connectivity index (χ1v) is 9.86. The summed E-state index contributed by atoms with van der Waals surface area (Å²) in [6.45, 7) is 1.38. The second-order valence-electron chi connectivity index (χ2n) is 6.03. The van der Waals surface area contributed by atoms with Crippen LogP contribution in [0.4, 0.5) is 0 Å². The number of methoxy groups -OCH3 is 1. The molecule has 2 aromatic rings. The number of ether oxygens (including phenoxy) is 1. The van der Waals surface area contributed by atoms with Crippen LogP contribution in [-0.2, 0) is 4.74 Å². The van der Waals surface area contributed by atoms with Crippen LogP contribution >= 0.6 is 23.4 Å². The molecule has 4 nitrogen and oxygen atoms in total. The van der Waals surface area contributed by atoms with Crippen LogP contribution in [0.5, 0.6) is 0 Å². The van der Waals surface area contributed by atoms with Gasteiger partial charge in [0.15, 0.2) is 0 Å². The minimum atomic E-state index is -0.405. The number of halogens is 1. The van der Waals surface area contributed by atoms with Crippen LogP contribution in [0.25, 0.3) is 0 Å². The third kappa shape index (κ3) is 4.22. The Labute approximate surface area is 162 Å². The highest BCUT2D eigenvalue weighted by atomic mass is 35.5. The van der Waals surface area contributed by atoms with Gasteiger partial charge in [-0.3, -0.25) is 4.79 Å². The molecule has 0 spiro atoms. The Kier molecular flexibility index (Phi) is 6.22. The first kappa shape index (κ1) is 18.8. The fourth-order valence-corrected chi connectivity index (χ4v) is 4.61. The zero-order valence-corrected chi connectivity index (χ0v) is 16.1. The van der Waals surface area contributed by atoms with E-state index >= 15 is 0 Å². The first-order chi connectivity index (χ1) is 12.6. The highest BCUT2D eigenvalue weighted by Gasteiger charge is 2.24. The Hall–Kier alpha value is -1.98. The van der Waals surface area contributed by atoms with E-state index in [0.29, 0.717) is 29.5 Å². The molecule has 3 rings (SSSR count). The molecule has 1 saturated heterocycles. The molecule has 0 radical (unpaired) electrons. The number of thioether (sulfide) groups is 1. The SMILES string of the molecule is COC(=O)c1ccc(C(=O)N2CCSC(c3ccccc3Cl)CC2)cc1. The normalized spacial score (nSPS) is 17.5. The van der Waals surface area contributed by atoms with Crippen LogP contribution < -0.4 is 0 Å². The van der Waals surface area contributed by atoms with Crippen molar-refractivity contribution in [2.75, 3.05) is 26.0 Å². The van der Waals surface area contributed by atoms with Gasteiger partial charge in [-0.2, -0.15) is 11.8 Å². The number of carbonyl (C=O) groups is 2. The van der Waals surface area contributed by atoms with Gasteiger partial charge >= 0.3 is 5.97 Å². The first-order valence-electron chi connectivity index (χ1n) is 8.44. The van der Waals surface area contributed by atoms with Crippen molar-refractivity contribution in [2.45, 2.75) is 11.7 Å². The molecule has 1 fully saturated rings. The van der Waals surface area contributed by atoms with Crippen molar-refractivity contribution in [2.24, 2.45) is 0 Å². The molecule has 136 valence electrons. The van der Waals surface area contributed by atoms with E-state index in [0.717, 1.165) is 22.8 Å². The van der Waals surface area contributed by atoms with Crippen molar-refractivity contribution >= 4 is 35.2 Å². The number of rotatable bonds is 3. The molecule has 6 heteroatoms. The summed E-state index contributed by atoms with van der Waals surface area (Å²) in [5, 5.41) is 1.08. The van der Waals surface area contributed by atoms with E-state index in [1.165, 1.54) is 7.11 Å². The topological polar surface area (TPSA) is 46.6 Å². The molecule has 1 atom stereocenters. The van der Waals surface area contributed by atoms with Crippen LogP contribution in [-0.4, -0.2) is 42.7 Å². The van der Waals surface area contributed by atoms with Gasteiger partial charge < -0.3 is 9.64 Å². The summed E-state index contributed by atoms with van der Waals surface area (Å²) in [4.78, 5) is 26.2. The van der Waals surface area contributed by atoms with Crippen molar-refractivity contribution in [3.8, 4) is 0 Å². The molecule has 1 heterocycles. The highest BCUT2D eigenvalue weighted by Crippen LogP contribution is 2.37. The van der Waals surface area contributed by atoms with Crippen molar-refractivity contribution < 1.29 is 14.3 Å². The second kappa shape index (κ2) is 8.60. The molecule has 0 aromatic heterocycles. The predicted octanol–water partition coefficient (Wildman–Crippen LogP) is 4.45. The Morgan fingerprint density at radius 3 is 2.46 bits per heavy atom. The van der Waals surface area contributed by atoms with Gasteiger partial charge in [0.25, 0.3) is 5.91 Å². The molecule has 26 heavy (non-hydrogen) atoms. The number of hydrogen-bond donors (Lipinski definition) is 0. The highest BCUT2D eigenvalue weighted by molar-refractivity contribution is 7.99. The number of benzene rings is 2. The predicted molar refractivity (Wildman–Crippen MR) is 105 cm³/mol. The fraction of sp³-hybridized carbons (Fsp3) is 0.300. The fourth-order valence-electron chi connectivity index (χ4n) is 3.01. The van der Waals surface area contributed by atoms with E-state index < -0.39 is 5.97 Å². The van der Waals surface area contributed by atoms with Crippen LogP contribution in [0.2, 0.25) is 5.02 Å². The average Bonchev–Trinajstić information content (AvgIpc) is 2.93. The van der Waals surface area contributed by atoms with Gasteiger partial charge in [-0.15, -0.1) is 0 Å². The number of nitrogens with zero attached hydrogens (tertiary/aromatic N) is 1.